The van der Waals surface area contributed by atoms with E-state index >= 15 is 0 Å². The summed E-state index contributed by atoms with van der Waals surface area (Å²) in [5, 5.41) is 0. The van der Waals surface area contributed by atoms with Crippen LogP contribution in [0.25, 0.3) is 0 Å². The fraction of sp³-hybridized carbons (Fsp3) is 0.913. The van der Waals surface area contributed by atoms with Crippen molar-refractivity contribution < 1.29 is 0 Å². The van der Waals surface area contributed by atoms with Crippen LogP contribution in [0, 0.1) is 0 Å². The molecule has 3 unspecified atom stereocenters. The summed E-state index contributed by atoms with van der Waals surface area (Å²) < 4.78 is 9.13. The SMILES string of the molecule is C=CC[Si]1(N(C)C2CCCCC2)N(C)C2CCCCC2N1C1CCCCC1. The molecule has 0 aromatic rings. The third-order valence-electron chi connectivity index (χ3n) is 8.60. The second-order valence-electron chi connectivity index (χ2n) is 9.90. The second kappa shape index (κ2) is 8.69. The van der Waals surface area contributed by atoms with Gasteiger partial charge in [-0.1, -0.05) is 57.4 Å². The smallest absolute Gasteiger partial charge is 0.293 e. The highest BCUT2D eigenvalue weighted by atomic mass is 28.4. The molecule has 0 bridgehead atoms. The standard InChI is InChI=1S/C23H43N3Si/c1-4-19-27(24(2)20-13-7-5-8-14-20)25(3)22-17-11-12-18-23(22)26(27)21-15-9-6-10-16-21/h4,20-23H,1,5-19H2,2-3H3. The fourth-order valence-electron chi connectivity index (χ4n) is 7.28. The van der Waals surface area contributed by atoms with Gasteiger partial charge in [-0.2, -0.15) is 0 Å². The third-order valence-corrected chi connectivity index (χ3v) is 13.9. The van der Waals surface area contributed by atoms with Crippen LogP contribution in [-0.4, -0.2) is 60.5 Å². The van der Waals surface area contributed by atoms with E-state index in [1.165, 1.54) is 95.9 Å². The van der Waals surface area contributed by atoms with E-state index in [1.54, 1.807) is 0 Å². The summed E-state index contributed by atoms with van der Waals surface area (Å²) in [5.41, 5.74) is 0. The van der Waals surface area contributed by atoms with E-state index in [0.29, 0.717) is 0 Å². The molecule has 3 saturated carbocycles. The minimum absolute atomic E-state index is 0.804. The molecule has 3 nitrogen and oxygen atoms in total. The van der Waals surface area contributed by atoms with Crippen LogP contribution in [-0.2, 0) is 0 Å². The highest BCUT2D eigenvalue weighted by molar-refractivity contribution is 6.73. The topological polar surface area (TPSA) is 9.72 Å². The number of hydrogen-bond donors (Lipinski definition) is 0. The Morgan fingerprint density at radius 1 is 0.852 bits per heavy atom. The average Bonchev–Trinajstić information content (AvgIpc) is 2.98. The molecule has 0 spiro atoms. The molecular formula is C23H43N3Si. The molecule has 1 aliphatic heterocycles. The molecule has 3 aliphatic carbocycles. The molecule has 4 fully saturated rings. The van der Waals surface area contributed by atoms with Crippen molar-refractivity contribution in [2.75, 3.05) is 14.1 Å². The van der Waals surface area contributed by atoms with Crippen LogP contribution in [0.2, 0.25) is 6.04 Å². The number of nitrogens with zero attached hydrogens (tertiary/aromatic N) is 3. The lowest BCUT2D eigenvalue weighted by Crippen LogP contribution is -2.73. The van der Waals surface area contributed by atoms with Gasteiger partial charge in [0, 0.05) is 30.2 Å². The van der Waals surface area contributed by atoms with Gasteiger partial charge in [-0.25, -0.2) is 0 Å². The molecular weight excluding hydrogens is 346 g/mol. The average molecular weight is 390 g/mol. The van der Waals surface area contributed by atoms with E-state index in [2.05, 4.69) is 40.4 Å². The highest BCUT2D eigenvalue weighted by Crippen LogP contribution is 2.46. The quantitative estimate of drug-likeness (QED) is 0.468. The molecule has 3 atom stereocenters. The zero-order valence-corrected chi connectivity index (χ0v) is 19.0. The van der Waals surface area contributed by atoms with Gasteiger partial charge < -0.3 is 0 Å². The van der Waals surface area contributed by atoms with Gasteiger partial charge in [0.15, 0.2) is 0 Å². The van der Waals surface area contributed by atoms with Gasteiger partial charge in [-0.05, 0) is 52.6 Å². The molecule has 0 N–H and O–H groups in total. The Labute approximate surface area is 169 Å². The van der Waals surface area contributed by atoms with Crippen molar-refractivity contribution in [3.05, 3.63) is 12.7 Å². The van der Waals surface area contributed by atoms with Crippen LogP contribution in [0.3, 0.4) is 0 Å². The third kappa shape index (κ3) is 3.49. The summed E-state index contributed by atoms with van der Waals surface area (Å²) in [6.07, 6.45) is 22.5. The molecule has 0 aromatic heterocycles. The summed E-state index contributed by atoms with van der Waals surface area (Å²) in [6, 6.07) is 4.49. The first kappa shape index (κ1) is 20.1. The number of hydrogen-bond acceptors (Lipinski definition) is 3. The zero-order valence-electron chi connectivity index (χ0n) is 18.0. The van der Waals surface area contributed by atoms with Gasteiger partial charge in [0.2, 0.25) is 0 Å². The Morgan fingerprint density at radius 3 is 2.04 bits per heavy atom. The normalized spacial score (nSPS) is 37.6. The molecule has 1 heterocycles. The summed E-state index contributed by atoms with van der Waals surface area (Å²) in [4.78, 5) is 0. The van der Waals surface area contributed by atoms with Crippen LogP contribution in [0.15, 0.2) is 12.7 Å². The van der Waals surface area contributed by atoms with Crippen molar-refractivity contribution >= 4 is 8.56 Å². The van der Waals surface area contributed by atoms with E-state index in [4.69, 9.17) is 0 Å². The minimum Gasteiger partial charge on any atom is -0.299 e. The first-order chi connectivity index (χ1) is 13.2. The van der Waals surface area contributed by atoms with Crippen molar-refractivity contribution in [1.82, 2.24) is 13.7 Å². The van der Waals surface area contributed by atoms with Crippen molar-refractivity contribution in [2.24, 2.45) is 0 Å². The van der Waals surface area contributed by atoms with Gasteiger partial charge in [-0.3, -0.25) is 13.7 Å². The monoisotopic (exact) mass is 389 g/mol. The van der Waals surface area contributed by atoms with Gasteiger partial charge in [0.25, 0.3) is 8.56 Å². The molecule has 4 rings (SSSR count). The predicted molar refractivity (Wildman–Crippen MR) is 118 cm³/mol. The van der Waals surface area contributed by atoms with Crippen LogP contribution in [0.5, 0.6) is 0 Å². The Bertz CT molecular complexity index is 500. The zero-order chi connectivity index (χ0) is 18.9. The Hall–Kier alpha value is -0.163. The van der Waals surface area contributed by atoms with Gasteiger partial charge in [0.1, 0.15) is 0 Å². The summed E-state index contributed by atoms with van der Waals surface area (Å²) in [5.74, 6) is 0. The van der Waals surface area contributed by atoms with Crippen molar-refractivity contribution in [2.45, 2.75) is 120 Å². The largest absolute Gasteiger partial charge is 0.299 e. The van der Waals surface area contributed by atoms with Gasteiger partial charge >= 0.3 is 0 Å². The number of fused-ring (bicyclic) bond motifs is 1. The number of rotatable bonds is 5. The van der Waals surface area contributed by atoms with Crippen molar-refractivity contribution in [1.29, 1.82) is 0 Å². The summed E-state index contributed by atoms with van der Waals surface area (Å²) >= 11 is 0. The molecule has 4 heteroatoms. The minimum atomic E-state index is -1.89. The van der Waals surface area contributed by atoms with Crippen molar-refractivity contribution in [3.63, 3.8) is 0 Å². The van der Waals surface area contributed by atoms with Crippen LogP contribution in [0.4, 0.5) is 0 Å². The Morgan fingerprint density at radius 2 is 1.41 bits per heavy atom. The first-order valence-electron chi connectivity index (χ1n) is 12.1. The fourth-order valence-corrected chi connectivity index (χ4v) is 13.0. The Kier molecular flexibility index (Phi) is 6.47. The Balaban J connectivity index is 1.72. The van der Waals surface area contributed by atoms with E-state index in [0.717, 1.165) is 24.2 Å². The molecule has 4 aliphatic rings. The van der Waals surface area contributed by atoms with E-state index < -0.39 is 8.56 Å². The lowest BCUT2D eigenvalue weighted by molar-refractivity contribution is 0.148. The lowest BCUT2D eigenvalue weighted by atomic mass is 9.88. The number of likely N-dealkylation sites (N-methyl/N-ethyl adjacent to an activating group) is 1. The van der Waals surface area contributed by atoms with Crippen LogP contribution in [0.1, 0.15) is 89.9 Å². The lowest BCUT2D eigenvalue weighted by Gasteiger charge is -2.53. The van der Waals surface area contributed by atoms with E-state index in [1.807, 2.05) is 0 Å². The predicted octanol–water partition coefficient (Wildman–Crippen LogP) is 5.27. The molecule has 0 radical (unpaired) electrons. The van der Waals surface area contributed by atoms with Gasteiger partial charge in [-0.15, -0.1) is 6.58 Å². The molecule has 1 saturated heterocycles. The maximum Gasteiger partial charge on any atom is 0.293 e. The summed E-state index contributed by atoms with van der Waals surface area (Å²) in [6.45, 7) is 4.28. The molecule has 27 heavy (non-hydrogen) atoms. The highest BCUT2D eigenvalue weighted by Gasteiger charge is 2.62. The van der Waals surface area contributed by atoms with Crippen LogP contribution < -0.4 is 0 Å². The molecule has 154 valence electrons. The second-order valence-corrected chi connectivity index (χ2v) is 13.8. The van der Waals surface area contributed by atoms with Crippen LogP contribution >= 0.6 is 0 Å². The maximum atomic E-state index is 4.28. The summed E-state index contributed by atoms with van der Waals surface area (Å²) in [7, 11) is 3.15. The first-order valence-corrected chi connectivity index (χ1v) is 14.1. The maximum absolute atomic E-state index is 4.28. The van der Waals surface area contributed by atoms with Crippen molar-refractivity contribution in [3.8, 4) is 0 Å². The van der Waals surface area contributed by atoms with E-state index in [9.17, 15) is 0 Å². The molecule has 0 amide bonds. The molecule has 0 aromatic carbocycles. The van der Waals surface area contributed by atoms with E-state index in [-0.39, 0.29) is 0 Å². The van der Waals surface area contributed by atoms with Gasteiger partial charge in [0.05, 0.1) is 0 Å². The number of allylic oxidation sites excluding steroid dienone is 1.